The Balaban J connectivity index is 3.72. The zero-order chi connectivity index (χ0) is 10.1. The second-order valence-corrected chi connectivity index (χ2v) is 4.13. The molecule has 0 aliphatic carbocycles. The van der Waals surface area contributed by atoms with Crippen molar-refractivity contribution in [2.45, 2.75) is 6.04 Å². The number of nitrogens with one attached hydrogen (secondary N) is 1. The summed E-state index contributed by atoms with van der Waals surface area (Å²) in [5.41, 5.74) is 0. The molecular formula is C9H22N2OS. The normalized spacial score (nSPS) is 13.6. The molecule has 0 aromatic rings. The predicted octanol–water partition coefficient (Wildman–Crippen LogP) is 0.516. The third-order valence-corrected chi connectivity index (χ3v) is 2.66. The molecule has 1 atom stereocenters. The van der Waals surface area contributed by atoms with Crippen molar-refractivity contribution in [2.75, 3.05) is 52.9 Å². The molecule has 0 spiro atoms. The summed E-state index contributed by atoms with van der Waals surface area (Å²) in [6.07, 6.45) is 2.14. The van der Waals surface area contributed by atoms with E-state index in [1.807, 2.05) is 18.8 Å². The average molecular weight is 206 g/mol. The molecule has 0 rings (SSSR count). The maximum Gasteiger partial charge on any atom is 0.0630 e. The van der Waals surface area contributed by atoms with Crippen molar-refractivity contribution in [3.63, 3.8) is 0 Å². The zero-order valence-electron chi connectivity index (χ0n) is 9.17. The van der Waals surface area contributed by atoms with Gasteiger partial charge >= 0.3 is 0 Å². The topological polar surface area (TPSA) is 24.5 Å². The molecule has 0 fully saturated rings. The van der Waals surface area contributed by atoms with Crippen LogP contribution in [0.2, 0.25) is 0 Å². The van der Waals surface area contributed by atoms with Crippen LogP contribution in [0.3, 0.4) is 0 Å². The smallest absolute Gasteiger partial charge is 0.0630 e. The van der Waals surface area contributed by atoms with Gasteiger partial charge in [0, 0.05) is 32.0 Å². The Bertz CT molecular complexity index is 108. The molecular weight excluding hydrogens is 184 g/mol. The molecule has 0 aromatic carbocycles. The summed E-state index contributed by atoms with van der Waals surface area (Å²) in [7, 11) is 5.88. The van der Waals surface area contributed by atoms with Gasteiger partial charge in [-0.05, 0) is 20.4 Å². The van der Waals surface area contributed by atoms with Gasteiger partial charge in [0.05, 0.1) is 6.61 Å². The fraction of sp³-hybridized carbons (Fsp3) is 1.00. The highest BCUT2D eigenvalue weighted by molar-refractivity contribution is 7.98. The van der Waals surface area contributed by atoms with Gasteiger partial charge < -0.3 is 10.1 Å². The molecule has 80 valence electrons. The van der Waals surface area contributed by atoms with Gasteiger partial charge in [-0.1, -0.05) is 0 Å². The van der Waals surface area contributed by atoms with Crippen LogP contribution in [0, 0.1) is 0 Å². The first-order chi connectivity index (χ1) is 6.26. The number of likely N-dealkylation sites (N-methyl/N-ethyl adjacent to an activating group) is 2. The van der Waals surface area contributed by atoms with E-state index in [9.17, 15) is 0 Å². The Morgan fingerprint density at radius 1 is 1.54 bits per heavy atom. The molecule has 4 heteroatoms. The van der Waals surface area contributed by atoms with Crippen LogP contribution in [0.15, 0.2) is 0 Å². The fourth-order valence-electron chi connectivity index (χ4n) is 1.19. The van der Waals surface area contributed by atoms with Crippen LogP contribution in [0.4, 0.5) is 0 Å². The summed E-state index contributed by atoms with van der Waals surface area (Å²) in [6, 6.07) is 0.488. The van der Waals surface area contributed by atoms with Crippen molar-refractivity contribution >= 4 is 11.8 Å². The first kappa shape index (κ1) is 13.2. The highest BCUT2D eigenvalue weighted by Gasteiger charge is 2.12. The minimum atomic E-state index is 0.488. The van der Waals surface area contributed by atoms with Crippen molar-refractivity contribution in [1.82, 2.24) is 10.2 Å². The van der Waals surface area contributed by atoms with E-state index in [1.54, 1.807) is 7.11 Å². The van der Waals surface area contributed by atoms with Gasteiger partial charge in [0.2, 0.25) is 0 Å². The van der Waals surface area contributed by atoms with Gasteiger partial charge in [0.15, 0.2) is 0 Å². The number of hydrogen-bond donors (Lipinski definition) is 1. The summed E-state index contributed by atoms with van der Waals surface area (Å²) in [5, 5.41) is 3.18. The number of ether oxygens (including phenoxy) is 1. The Labute approximate surface area is 86.2 Å². The molecule has 1 unspecified atom stereocenters. The lowest BCUT2D eigenvalue weighted by atomic mass is 10.3. The van der Waals surface area contributed by atoms with Gasteiger partial charge in [0.1, 0.15) is 0 Å². The highest BCUT2D eigenvalue weighted by atomic mass is 32.2. The molecule has 0 amide bonds. The van der Waals surface area contributed by atoms with Crippen LogP contribution in [0.1, 0.15) is 0 Å². The largest absolute Gasteiger partial charge is 0.383 e. The number of rotatable bonds is 8. The van der Waals surface area contributed by atoms with Gasteiger partial charge in [0.25, 0.3) is 0 Å². The first-order valence-electron chi connectivity index (χ1n) is 4.59. The quantitative estimate of drug-likeness (QED) is 0.626. The molecule has 0 aliphatic heterocycles. The van der Waals surface area contributed by atoms with Crippen molar-refractivity contribution < 1.29 is 4.74 Å². The van der Waals surface area contributed by atoms with Crippen LogP contribution in [-0.2, 0) is 4.74 Å². The predicted molar refractivity (Wildman–Crippen MR) is 60.6 cm³/mol. The molecule has 0 radical (unpaired) electrons. The van der Waals surface area contributed by atoms with Crippen LogP contribution in [-0.4, -0.2) is 63.9 Å². The second kappa shape index (κ2) is 8.81. The molecule has 0 heterocycles. The van der Waals surface area contributed by atoms with Crippen molar-refractivity contribution in [1.29, 1.82) is 0 Å². The molecule has 0 aromatic heterocycles. The third kappa shape index (κ3) is 6.32. The molecule has 0 saturated carbocycles. The van der Waals surface area contributed by atoms with E-state index >= 15 is 0 Å². The number of thioether (sulfide) groups is 1. The highest BCUT2D eigenvalue weighted by Crippen LogP contribution is 1.99. The van der Waals surface area contributed by atoms with Gasteiger partial charge in [-0.25, -0.2) is 0 Å². The maximum atomic E-state index is 5.17. The van der Waals surface area contributed by atoms with E-state index in [-0.39, 0.29) is 0 Å². The van der Waals surface area contributed by atoms with E-state index in [0.29, 0.717) is 6.04 Å². The number of hydrogen-bond acceptors (Lipinski definition) is 4. The summed E-state index contributed by atoms with van der Waals surface area (Å²) in [6.45, 7) is 2.90. The zero-order valence-corrected chi connectivity index (χ0v) is 9.99. The molecule has 0 saturated heterocycles. The minimum Gasteiger partial charge on any atom is -0.383 e. The first-order valence-corrected chi connectivity index (χ1v) is 5.98. The number of nitrogens with zero attached hydrogens (tertiary/aromatic N) is 1. The van der Waals surface area contributed by atoms with E-state index in [1.165, 1.54) is 5.75 Å². The Morgan fingerprint density at radius 3 is 2.69 bits per heavy atom. The third-order valence-electron chi connectivity index (χ3n) is 2.07. The van der Waals surface area contributed by atoms with Crippen LogP contribution in [0.5, 0.6) is 0 Å². The summed E-state index contributed by atoms with van der Waals surface area (Å²) in [4.78, 5) is 2.34. The lowest BCUT2D eigenvalue weighted by molar-refractivity contribution is 0.110. The van der Waals surface area contributed by atoms with E-state index in [2.05, 4.69) is 23.5 Å². The SMILES string of the molecule is CNCC(COC)N(C)CCSC. The van der Waals surface area contributed by atoms with E-state index in [4.69, 9.17) is 4.74 Å². The van der Waals surface area contributed by atoms with Gasteiger partial charge in [-0.15, -0.1) is 0 Å². The lowest BCUT2D eigenvalue weighted by Gasteiger charge is -2.26. The second-order valence-electron chi connectivity index (χ2n) is 3.14. The number of methoxy groups -OCH3 is 1. The summed E-state index contributed by atoms with van der Waals surface area (Å²) in [5.74, 6) is 1.18. The maximum absolute atomic E-state index is 5.17. The van der Waals surface area contributed by atoms with Crippen LogP contribution < -0.4 is 5.32 Å². The monoisotopic (exact) mass is 206 g/mol. The Kier molecular flexibility index (Phi) is 8.97. The summed E-state index contributed by atoms with van der Waals surface area (Å²) < 4.78 is 5.17. The molecule has 1 N–H and O–H groups in total. The molecule has 3 nitrogen and oxygen atoms in total. The molecule has 0 bridgehead atoms. The standard InChI is InChI=1S/C9H22N2OS/c1-10-7-9(8-12-3)11(2)5-6-13-4/h9-10H,5-8H2,1-4H3. The Hall–Kier alpha value is 0.230. The minimum absolute atomic E-state index is 0.488. The Morgan fingerprint density at radius 2 is 2.23 bits per heavy atom. The van der Waals surface area contributed by atoms with Gasteiger partial charge in [-0.3, -0.25) is 4.90 Å². The fourth-order valence-corrected chi connectivity index (χ4v) is 1.66. The average Bonchev–Trinajstić information content (AvgIpc) is 2.14. The summed E-state index contributed by atoms with van der Waals surface area (Å²) >= 11 is 1.88. The van der Waals surface area contributed by atoms with E-state index in [0.717, 1.165) is 19.7 Å². The van der Waals surface area contributed by atoms with E-state index < -0.39 is 0 Å². The van der Waals surface area contributed by atoms with Crippen molar-refractivity contribution in [3.05, 3.63) is 0 Å². The van der Waals surface area contributed by atoms with Gasteiger partial charge in [-0.2, -0.15) is 11.8 Å². The van der Waals surface area contributed by atoms with Crippen molar-refractivity contribution in [3.8, 4) is 0 Å². The lowest BCUT2D eigenvalue weighted by Crippen LogP contribution is -2.43. The molecule has 13 heavy (non-hydrogen) atoms. The van der Waals surface area contributed by atoms with Crippen LogP contribution in [0.25, 0.3) is 0 Å². The molecule has 0 aliphatic rings. The van der Waals surface area contributed by atoms with Crippen molar-refractivity contribution in [2.24, 2.45) is 0 Å². The van der Waals surface area contributed by atoms with Crippen LogP contribution >= 0.6 is 11.8 Å².